The van der Waals surface area contributed by atoms with Gasteiger partial charge in [0.2, 0.25) is 0 Å². The van der Waals surface area contributed by atoms with Gasteiger partial charge < -0.3 is 0 Å². The van der Waals surface area contributed by atoms with Crippen molar-refractivity contribution in [1.29, 1.82) is 0 Å². The van der Waals surface area contributed by atoms with Crippen molar-refractivity contribution in [2.24, 2.45) is 0 Å². The second kappa shape index (κ2) is 5.36. The van der Waals surface area contributed by atoms with Crippen molar-refractivity contribution in [2.75, 3.05) is 11.4 Å². The lowest BCUT2D eigenvalue weighted by molar-refractivity contribution is 0.516. The molecule has 2 rings (SSSR count). The largest absolute Gasteiger partial charge is 0.270 e. The third kappa shape index (κ3) is 2.58. The van der Waals surface area contributed by atoms with Gasteiger partial charge in [0, 0.05) is 7.05 Å². The summed E-state index contributed by atoms with van der Waals surface area (Å²) < 4.78 is 79.0. The topological polar surface area (TPSA) is 37.4 Å². The zero-order valence-electron chi connectivity index (χ0n) is 10.6. The van der Waals surface area contributed by atoms with Gasteiger partial charge in [0.1, 0.15) is 17.3 Å². The van der Waals surface area contributed by atoms with E-state index in [-0.39, 0.29) is 4.31 Å². The van der Waals surface area contributed by atoms with E-state index in [0.29, 0.717) is 0 Å². The summed E-state index contributed by atoms with van der Waals surface area (Å²) in [5, 5.41) is 0. The van der Waals surface area contributed by atoms with Gasteiger partial charge >= 0.3 is 0 Å². The monoisotopic (exact) mass is 319 g/mol. The first-order chi connectivity index (χ1) is 9.76. The van der Waals surface area contributed by atoms with Gasteiger partial charge in [-0.15, -0.1) is 0 Å². The number of hydrogen-bond acceptors (Lipinski definition) is 2. The molecule has 0 saturated heterocycles. The van der Waals surface area contributed by atoms with Crippen LogP contribution in [0.25, 0.3) is 0 Å². The molecule has 0 aliphatic heterocycles. The van der Waals surface area contributed by atoms with Crippen molar-refractivity contribution in [1.82, 2.24) is 0 Å². The zero-order valence-corrected chi connectivity index (χ0v) is 11.5. The van der Waals surface area contributed by atoms with E-state index in [1.807, 2.05) is 0 Å². The molecule has 0 aliphatic rings. The number of sulfonamides is 1. The Labute approximate surface area is 118 Å². The predicted molar refractivity (Wildman–Crippen MR) is 68.3 cm³/mol. The molecule has 3 nitrogen and oxygen atoms in total. The Bertz CT molecular complexity index is 752. The minimum atomic E-state index is -4.80. The third-order valence-electron chi connectivity index (χ3n) is 2.79. The minimum Gasteiger partial charge on any atom is -0.263 e. The van der Waals surface area contributed by atoms with Gasteiger partial charge in [0.15, 0.2) is 16.5 Å². The van der Waals surface area contributed by atoms with Crippen molar-refractivity contribution in [3.8, 4) is 0 Å². The van der Waals surface area contributed by atoms with E-state index in [0.717, 1.165) is 43.4 Å². The Kier molecular flexibility index (Phi) is 3.91. The fraction of sp³-hybridized carbons (Fsp3) is 0.0769. The number of hydrogen-bond donors (Lipinski definition) is 0. The third-order valence-corrected chi connectivity index (χ3v) is 4.60. The molecule has 0 spiro atoms. The van der Waals surface area contributed by atoms with Gasteiger partial charge in [-0.05, 0) is 24.3 Å². The summed E-state index contributed by atoms with van der Waals surface area (Å²) in [6.07, 6.45) is 0. The fourth-order valence-corrected chi connectivity index (χ4v) is 3.09. The maximum absolute atomic E-state index is 13.6. The van der Waals surface area contributed by atoms with E-state index >= 15 is 0 Å². The zero-order chi connectivity index (χ0) is 15.8. The summed E-state index contributed by atoms with van der Waals surface area (Å²) in [4.78, 5) is -1.27. The van der Waals surface area contributed by atoms with Crippen LogP contribution in [0.2, 0.25) is 0 Å². The molecule has 21 heavy (non-hydrogen) atoms. The Hall–Kier alpha value is -2.09. The first-order valence-corrected chi connectivity index (χ1v) is 7.07. The minimum absolute atomic E-state index is 0.166. The van der Waals surface area contributed by atoms with Gasteiger partial charge in [-0.2, -0.15) is 0 Å². The molecule has 0 bridgehead atoms. The normalized spacial score (nSPS) is 11.5. The number of benzene rings is 2. The van der Waals surface area contributed by atoms with E-state index in [4.69, 9.17) is 0 Å². The highest BCUT2D eigenvalue weighted by Crippen LogP contribution is 2.29. The molecule has 0 N–H and O–H groups in total. The molecule has 0 atom stereocenters. The van der Waals surface area contributed by atoms with E-state index in [1.54, 1.807) is 0 Å². The maximum Gasteiger partial charge on any atom is 0.270 e. The molecule has 112 valence electrons. The lowest BCUT2D eigenvalue weighted by atomic mass is 10.3. The van der Waals surface area contributed by atoms with Crippen molar-refractivity contribution in [3.63, 3.8) is 0 Å². The molecule has 0 saturated carbocycles. The average molecular weight is 319 g/mol. The molecule has 0 unspecified atom stereocenters. The molecule has 0 aliphatic carbocycles. The molecule has 0 aromatic heterocycles. The predicted octanol–water partition coefficient (Wildman–Crippen LogP) is 3.07. The Morgan fingerprint density at radius 2 is 1.19 bits per heavy atom. The van der Waals surface area contributed by atoms with Gasteiger partial charge in [-0.3, -0.25) is 4.31 Å². The number of nitrogens with zero attached hydrogens (tertiary/aromatic N) is 1. The first kappa shape index (κ1) is 15.3. The summed E-state index contributed by atoms with van der Waals surface area (Å²) in [7, 11) is -3.99. The fourth-order valence-electron chi connectivity index (χ4n) is 1.78. The van der Waals surface area contributed by atoms with Crippen LogP contribution in [0.1, 0.15) is 0 Å². The van der Waals surface area contributed by atoms with Gasteiger partial charge in [0.05, 0.1) is 0 Å². The van der Waals surface area contributed by atoms with E-state index in [2.05, 4.69) is 0 Å². The van der Waals surface area contributed by atoms with Gasteiger partial charge in [0.25, 0.3) is 10.0 Å². The van der Waals surface area contributed by atoms with Crippen molar-refractivity contribution >= 4 is 15.7 Å². The maximum atomic E-state index is 13.6. The average Bonchev–Trinajstić information content (AvgIpc) is 2.37. The quantitative estimate of drug-likeness (QED) is 0.816. The molecule has 0 radical (unpaired) electrons. The highest BCUT2D eigenvalue weighted by molar-refractivity contribution is 7.92. The molecule has 0 fully saturated rings. The molecule has 2 aromatic rings. The molecule has 8 heteroatoms. The summed E-state index contributed by atoms with van der Waals surface area (Å²) in [6.45, 7) is 0. The van der Waals surface area contributed by atoms with Crippen LogP contribution in [-0.2, 0) is 10.0 Å². The highest BCUT2D eigenvalue weighted by Gasteiger charge is 2.31. The second-order valence-corrected chi connectivity index (χ2v) is 6.00. The highest BCUT2D eigenvalue weighted by atomic mass is 32.2. The number of halogens is 4. The van der Waals surface area contributed by atoms with Crippen LogP contribution in [-0.4, -0.2) is 15.5 Å². The first-order valence-electron chi connectivity index (χ1n) is 5.63. The van der Waals surface area contributed by atoms with Crippen LogP contribution < -0.4 is 4.31 Å². The molecule has 2 aromatic carbocycles. The van der Waals surface area contributed by atoms with Crippen LogP contribution in [0, 0.1) is 23.3 Å². The molecule has 0 amide bonds. The lowest BCUT2D eigenvalue weighted by Crippen LogP contribution is -2.30. The SMILES string of the molecule is CN(c1c(F)cccc1F)S(=O)(=O)c1c(F)cccc1F. The van der Waals surface area contributed by atoms with Crippen LogP contribution in [0.5, 0.6) is 0 Å². The smallest absolute Gasteiger partial charge is 0.263 e. The van der Waals surface area contributed by atoms with E-state index < -0.39 is 43.9 Å². The van der Waals surface area contributed by atoms with Crippen molar-refractivity contribution in [3.05, 3.63) is 59.7 Å². The van der Waals surface area contributed by atoms with Crippen LogP contribution in [0.4, 0.5) is 23.2 Å². The second-order valence-electron chi connectivity index (χ2n) is 4.09. The Morgan fingerprint density at radius 1 is 0.810 bits per heavy atom. The van der Waals surface area contributed by atoms with E-state index in [1.165, 1.54) is 0 Å². The number of para-hydroxylation sites is 1. The molecule has 0 heterocycles. The summed E-state index contributed by atoms with van der Waals surface area (Å²) in [6, 6.07) is 5.17. The van der Waals surface area contributed by atoms with Gasteiger partial charge in [-0.25, -0.2) is 26.0 Å². The van der Waals surface area contributed by atoms with Crippen LogP contribution in [0.3, 0.4) is 0 Å². The van der Waals surface area contributed by atoms with Gasteiger partial charge in [-0.1, -0.05) is 12.1 Å². The lowest BCUT2D eigenvalue weighted by Gasteiger charge is -2.21. The van der Waals surface area contributed by atoms with Crippen LogP contribution >= 0.6 is 0 Å². The standard InChI is InChI=1S/C13H9F4NO2S/c1-18(12-8(14)4-2-5-9(12)15)21(19,20)13-10(16)6-3-7-11(13)17/h2-7H,1H3. The van der Waals surface area contributed by atoms with E-state index in [9.17, 15) is 26.0 Å². The van der Waals surface area contributed by atoms with Crippen molar-refractivity contribution in [2.45, 2.75) is 4.90 Å². The Morgan fingerprint density at radius 3 is 1.62 bits per heavy atom. The summed E-state index contributed by atoms with van der Waals surface area (Å²) in [5.41, 5.74) is -0.917. The van der Waals surface area contributed by atoms with Crippen LogP contribution in [0.15, 0.2) is 41.3 Å². The summed E-state index contributed by atoms with van der Waals surface area (Å²) in [5.74, 6) is -5.03. The number of anilines is 1. The summed E-state index contributed by atoms with van der Waals surface area (Å²) >= 11 is 0. The molecular weight excluding hydrogens is 310 g/mol. The van der Waals surface area contributed by atoms with Crippen molar-refractivity contribution < 1.29 is 26.0 Å². The Balaban J connectivity index is 2.65. The molecular formula is C13H9F4NO2S. The number of rotatable bonds is 3.